The van der Waals surface area contributed by atoms with Crippen molar-refractivity contribution in [3.8, 4) is 5.75 Å². The minimum Gasteiger partial charge on any atom is -0.467 e. The smallest absolute Gasteiger partial charge is 0.253 e. The van der Waals surface area contributed by atoms with Gasteiger partial charge in [0.25, 0.3) is 5.91 Å². The van der Waals surface area contributed by atoms with Crippen LogP contribution in [0.25, 0.3) is 0 Å². The largest absolute Gasteiger partial charge is 0.467 e. The van der Waals surface area contributed by atoms with Crippen molar-refractivity contribution < 1.29 is 14.3 Å². The zero-order chi connectivity index (χ0) is 17.1. The van der Waals surface area contributed by atoms with E-state index in [1.54, 1.807) is 0 Å². The van der Waals surface area contributed by atoms with E-state index >= 15 is 0 Å². The number of piperidine rings is 1. The molecule has 5 heteroatoms. The van der Waals surface area contributed by atoms with Crippen molar-refractivity contribution in [2.24, 2.45) is 0 Å². The predicted octanol–water partition coefficient (Wildman–Crippen LogP) is 3.03. The third kappa shape index (κ3) is 3.82. The molecule has 0 radical (unpaired) electrons. The van der Waals surface area contributed by atoms with Crippen molar-refractivity contribution in [1.29, 1.82) is 0 Å². The number of hydrogen-bond acceptors (Lipinski definition) is 4. The molecule has 25 heavy (non-hydrogen) atoms. The van der Waals surface area contributed by atoms with Crippen molar-refractivity contribution in [3.63, 3.8) is 0 Å². The van der Waals surface area contributed by atoms with Gasteiger partial charge in [-0.25, -0.2) is 0 Å². The van der Waals surface area contributed by atoms with E-state index < -0.39 is 0 Å². The van der Waals surface area contributed by atoms with Gasteiger partial charge in [0.1, 0.15) is 5.75 Å². The van der Waals surface area contributed by atoms with E-state index in [0.29, 0.717) is 19.4 Å². The summed E-state index contributed by atoms with van der Waals surface area (Å²) in [6.07, 6.45) is 7.63. The molecule has 0 spiro atoms. The fourth-order valence-corrected chi connectivity index (χ4v) is 4.30. The van der Waals surface area contributed by atoms with Crippen LogP contribution in [0.2, 0.25) is 0 Å². The van der Waals surface area contributed by atoms with Crippen LogP contribution in [0.3, 0.4) is 0 Å². The van der Waals surface area contributed by atoms with E-state index in [0.717, 1.165) is 36.4 Å². The fraction of sp³-hybridized carbons (Fsp3) is 0.650. The maximum absolute atomic E-state index is 13.0. The SMILES string of the molecule is O=C(c1ccc2c(c1)COCO2)N1CCC[C@@H](N2CCCCCC2)C1. The topological polar surface area (TPSA) is 42.0 Å². The first kappa shape index (κ1) is 16.9. The molecule has 2 saturated heterocycles. The average molecular weight is 344 g/mol. The number of benzene rings is 1. The second kappa shape index (κ2) is 7.75. The second-order valence-electron chi connectivity index (χ2n) is 7.43. The van der Waals surface area contributed by atoms with Gasteiger partial charge in [0, 0.05) is 30.3 Å². The molecule has 0 aliphatic carbocycles. The second-order valence-corrected chi connectivity index (χ2v) is 7.43. The fourth-order valence-electron chi connectivity index (χ4n) is 4.30. The van der Waals surface area contributed by atoms with Gasteiger partial charge in [0.2, 0.25) is 0 Å². The number of nitrogens with zero attached hydrogens (tertiary/aromatic N) is 2. The molecule has 4 rings (SSSR count). The number of amides is 1. The molecule has 5 nitrogen and oxygen atoms in total. The highest BCUT2D eigenvalue weighted by Crippen LogP contribution is 2.26. The number of likely N-dealkylation sites (tertiary alicyclic amines) is 2. The molecule has 0 bridgehead atoms. The quantitative estimate of drug-likeness (QED) is 0.827. The van der Waals surface area contributed by atoms with E-state index in [1.165, 1.54) is 45.2 Å². The van der Waals surface area contributed by atoms with Crippen LogP contribution in [-0.4, -0.2) is 54.7 Å². The first-order valence-corrected chi connectivity index (χ1v) is 9.68. The van der Waals surface area contributed by atoms with Gasteiger partial charge in [-0.3, -0.25) is 9.69 Å². The molecule has 1 amide bonds. The van der Waals surface area contributed by atoms with Crippen LogP contribution in [0.15, 0.2) is 18.2 Å². The molecule has 1 atom stereocenters. The maximum atomic E-state index is 13.0. The molecular formula is C20H28N2O3. The third-order valence-corrected chi connectivity index (χ3v) is 5.70. The van der Waals surface area contributed by atoms with Crippen LogP contribution in [-0.2, 0) is 11.3 Å². The Morgan fingerprint density at radius 1 is 1.04 bits per heavy atom. The minimum atomic E-state index is 0.146. The first-order chi connectivity index (χ1) is 12.3. The van der Waals surface area contributed by atoms with Gasteiger partial charge in [-0.2, -0.15) is 0 Å². The van der Waals surface area contributed by atoms with Crippen molar-refractivity contribution in [2.45, 2.75) is 51.2 Å². The van der Waals surface area contributed by atoms with Crippen molar-refractivity contribution >= 4 is 5.91 Å². The van der Waals surface area contributed by atoms with Gasteiger partial charge in [0.05, 0.1) is 6.61 Å². The van der Waals surface area contributed by atoms with E-state index in [9.17, 15) is 4.79 Å². The zero-order valence-electron chi connectivity index (χ0n) is 14.9. The summed E-state index contributed by atoms with van der Waals surface area (Å²) in [4.78, 5) is 17.7. The molecule has 1 aromatic rings. The number of carbonyl (C=O) groups is 1. The van der Waals surface area contributed by atoms with E-state index in [-0.39, 0.29) is 5.91 Å². The molecule has 136 valence electrons. The van der Waals surface area contributed by atoms with Crippen LogP contribution >= 0.6 is 0 Å². The van der Waals surface area contributed by atoms with Crippen molar-refractivity contribution in [3.05, 3.63) is 29.3 Å². The number of rotatable bonds is 2. The summed E-state index contributed by atoms with van der Waals surface area (Å²) in [5, 5.41) is 0. The summed E-state index contributed by atoms with van der Waals surface area (Å²) >= 11 is 0. The Labute approximate surface area is 149 Å². The molecule has 2 fully saturated rings. The summed E-state index contributed by atoms with van der Waals surface area (Å²) < 4.78 is 10.8. The number of hydrogen-bond donors (Lipinski definition) is 0. The van der Waals surface area contributed by atoms with E-state index in [4.69, 9.17) is 9.47 Å². The Morgan fingerprint density at radius 2 is 1.88 bits per heavy atom. The Morgan fingerprint density at radius 3 is 2.72 bits per heavy atom. The standard InChI is InChI=1S/C20H28N2O3/c23-20(16-7-8-19-17(12-16)14-24-15-25-19)22-11-5-6-18(13-22)21-9-3-1-2-4-10-21/h7-8,12,18H,1-6,9-11,13-15H2/t18-/m1/s1. The average Bonchev–Trinajstić information content (AvgIpc) is 2.97. The van der Waals surface area contributed by atoms with Gasteiger partial charge < -0.3 is 14.4 Å². The molecule has 0 N–H and O–H groups in total. The van der Waals surface area contributed by atoms with Crippen LogP contribution < -0.4 is 4.74 Å². The minimum absolute atomic E-state index is 0.146. The van der Waals surface area contributed by atoms with Crippen molar-refractivity contribution in [1.82, 2.24) is 9.80 Å². The van der Waals surface area contributed by atoms with Gasteiger partial charge in [-0.05, 0) is 57.0 Å². The molecule has 0 aromatic heterocycles. The third-order valence-electron chi connectivity index (χ3n) is 5.70. The van der Waals surface area contributed by atoms with Crippen LogP contribution in [0, 0.1) is 0 Å². The highest BCUT2D eigenvalue weighted by atomic mass is 16.7. The lowest BCUT2D eigenvalue weighted by Crippen LogP contribution is -2.50. The van der Waals surface area contributed by atoms with Gasteiger partial charge in [0.15, 0.2) is 6.79 Å². The molecule has 0 unspecified atom stereocenters. The van der Waals surface area contributed by atoms with Crippen molar-refractivity contribution in [2.75, 3.05) is 33.0 Å². The highest BCUT2D eigenvalue weighted by Gasteiger charge is 2.29. The summed E-state index contributed by atoms with van der Waals surface area (Å²) in [5.41, 5.74) is 1.72. The van der Waals surface area contributed by atoms with Gasteiger partial charge in [-0.1, -0.05) is 12.8 Å². The molecule has 3 heterocycles. The van der Waals surface area contributed by atoms with E-state index in [2.05, 4.69) is 4.90 Å². The van der Waals surface area contributed by atoms with Crippen LogP contribution in [0.1, 0.15) is 54.4 Å². The molecule has 1 aromatic carbocycles. The summed E-state index contributed by atoms with van der Waals surface area (Å²) in [6.45, 7) is 4.94. The summed E-state index contributed by atoms with van der Waals surface area (Å²) in [7, 11) is 0. The summed E-state index contributed by atoms with van der Waals surface area (Å²) in [6, 6.07) is 6.26. The normalized spacial score (nSPS) is 25.0. The Bertz CT molecular complexity index is 611. The number of ether oxygens (including phenoxy) is 2. The Kier molecular flexibility index (Phi) is 5.22. The molecule has 3 aliphatic heterocycles. The van der Waals surface area contributed by atoms with Crippen LogP contribution in [0.4, 0.5) is 0 Å². The van der Waals surface area contributed by atoms with E-state index in [1.807, 2.05) is 23.1 Å². The Hall–Kier alpha value is -1.59. The monoisotopic (exact) mass is 344 g/mol. The Balaban J connectivity index is 1.44. The maximum Gasteiger partial charge on any atom is 0.253 e. The molecule has 0 saturated carbocycles. The molecular weight excluding hydrogens is 316 g/mol. The lowest BCUT2D eigenvalue weighted by atomic mass is 10.0. The summed E-state index contributed by atoms with van der Waals surface area (Å²) in [5.74, 6) is 0.983. The van der Waals surface area contributed by atoms with Gasteiger partial charge in [-0.15, -0.1) is 0 Å². The lowest BCUT2D eigenvalue weighted by Gasteiger charge is -2.39. The lowest BCUT2D eigenvalue weighted by molar-refractivity contribution is -0.0164. The number of fused-ring (bicyclic) bond motifs is 1. The predicted molar refractivity (Wildman–Crippen MR) is 95.7 cm³/mol. The highest BCUT2D eigenvalue weighted by molar-refractivity contribution is 5.94. The molecule has 3 aliphatic rings. The van der Waals surface area contributed by atoms with Crippen LogP contribution in [0.5, 0.6) is 5.75 Å². The van der Waals surface area contributed by atoms with Gasteiger partial charge >= 0.3 is 0 Å². The zero-order valence-corrected chi connectivity index (χ0v) is 14.9. The first-order valence-electron chi connectivity index (χ1n) is 9.68. The number of carbonyl (C=O) groups excluding carboxylic acids is 1.